The highest BCUT2D eigenvalue weighted by atomic mass is 35.5. The van der Waals surface area contributed by atoms with E-state index in [-0.39, 0.29) is 16.2 Å². The molecule has 0 radical (unpaired) electrons. The van der Waals surface area contributed by atoms with Crippen molar-refractivity contribution in [2.45, 2.75) is 17.7 Å². The SMILES string of the molecule is COc1ccc(C(=O)Nc2ccccc2Oc2ccccc2Cl)cc1S(=O)(=O)N1CCCC1. The number of halogens is 1. The molecule has 4 rings (SSSR count). The molecule has 1 aliphatic rings. The predicted octanol–water partition coefficient (Wildman–Crippen LogP) is 5.18. The van der Waals surface area contributed by atoms with Crippen LogP contribution in [0.5, 0.6) is 17.2 Å². The van der Waals surface area contributed by atoms with E-state index in [2.05, 4.69) is 5.32 Å². The van der Waals surface area contributed by atoms with Crippen molar-refractivity contribution in [2.24, 2.45) is 0 Å². The lowest BCUT2D eigenvalue weighted by Crippen LogP contribution is -2.28. The van der Waals surface area contributed by atoms with E-state index in [9.17, 15) is 13.2 Å². The van der Waals surface area contributed by atoms with Crippen molar-refractivity contribution in [1.82, 2.24) is 4.31 Å². The van der Waals surface area contributed by atoms with Crippen LogP contribution in [0, 0.1) is 0 Å². The summed E-state index contributed by atoms with van der Waals surface area (Å²) in [6, 6.07) is 18.3. The fraction of sp³-hybridized carbons (Fsp3) is 0.208. The highest BCUT2D eigenvalue weighted by Crippen LogP contribution is 2.34. The third-order valence-corrected chi connectivity index (χ3v) is 7.53. The summed E-state index contributed by atoms with van der Waals surface area (Å²) in [6.07, 6.45) is 1.62. The molecule has 1 saturated heterocycles. The standard InChI is InChI=1S/C24H23ClN2O5S/c1-31-22-13-12-17(16-23(22)33(29,30)27-14-6-7-15-27)24(28)26-19-9-3-5-11-21(19)32-20-10-4-2-8-18(20)25/h2-5,8-13,16H,6-7,14-15H2,1H3,(H,26,28). The minimum atomic E-state index is -3.77. The smallest absolute Gasteiger partial charge is 0.255 e. The molecule has 1 N–H and O–H groups in total. The van der Waals surface area contributed by atoms with Crippen molar-refractivity contribution in [3.05, 3.63) is 77.3 Å². The molecule has 3 aromatic rings. The molecule has 1 fully saturated rings. The summed E-state index contributed by atoms with van der Waals surface area (Å²) in [7, 11) is -2.37. The van der Waals surface area contributed by atoms with E-state index >= 15 is 0 Å². The molecule has 3 aromatic carbocycles. The van der Waals surface area contributed by atoms with Gasteiger partial charge in [0.05, 0.1) is 17.8 Å². The van der Waals surface area contributed by atoms with Gasteiger partial charge in [0, 0.05) is 18.7 Å². The van der Waals surface area contributed by atoms with E-state index in [1.807, 2.05) is 0 Å². The number of ether oxygens (including phenoxy) is 2. The number of para-hydroxylation sites is 3. The summed E-state index contributed by atoms with van der Waals surface area (Å²) in [5.74, 6) is 0.563. The van der Waals surface area contributed by atoms with Crippen molar-refractivity contribution in [3.63, 3.8) is 0 Å². The Morgan fingerprint density at radius 3 is 2.30 bits per heavy atom. The average Bonchev–Trinajstić information content (AvgIpc) is 3.37. The fourth-order valence-electron chi connectivity index (χ4n) is 3.59. The van der Waals surface area contributed by atoms with E-state index < -0.39 is 15.9 Å². The predicted molar refractivity (Wildman–Crippen MR) is 127 cm³/mol. The molecule has 0 aliphatic carbocycles. The van der Waals surface area contributed by atoms with Crippen LogP contribution >= 0.6 is 11.6 Å². The number of benzene rings is 3. The van der Waals surface area contributed by atoms with Crippen LogP contribution in [0.15, 0.2) is 71.6 Å². The normalized spacial score (nSPS) is 14.1. The van der Waals surface area contributed by atoms with Gasteiger partial charge < -0.3 is 14.8 Å². The quantitative estimate of drug-likeness (QED) is 0.497. The molecule has 0 bridgehead atoms. The first-order valence-electron chi connectivity index (χ1n) is 10.4. The number of hydrogen-bond acceptors (Lipinski definition) is 5. The summed E-state index contributed by atoms with van der Waals surface area (Å²) in [5, 5.41) is 3.23. The zero-order valence-corrected chi connectivity index (χ0v) is 19.5. The average molecular weight is 487 g/mol. The Balaban J connectivity index is 1.62. The van der Waals surface area contributed by atoms with E-state index in [1.54, 1.807) is 48.5 Å². The van der Waals surface area contributed by atoms with E-state index in [1.165, 1.54) is 29.6 Å². The van der Waals surface area contributed by atoms with Gasteiger partial charge in [-0.3, -0.25) is 4.79 Å². The second kappa shape index (κ2) is 9.82. The Bertz CT molecular complexity index is 1270. The van der Waals surface area contributed by atoms with E-state index in [0.717, 1.165) is 12.8 Å². The maximum atomic E-state index is 13.1. The molecule has 33 heavy (non-hydrogen) atoms. The first-order valence-corrected chi connectivity index (χ1v) is 12.2. The molecular weight excluding hydrogens is 464 g/mol. The Kier molecular flexibility index (Phi) is 6.88. The molecule has 1 amide bonds. The van der Waals surface area contributed by atoms with Crippen LogP contribution in [0.1, 0.15) is 23.2 Å². The first kappa shape index (κ1) is 23.1. The summed E-state index contributed by atoms with van der Waals surface area (Å²) < 4.78 is 38.8. The van der Waals surface area contributed by atoms with Crippen LogP contribution in [-0.4, -0.2) is 38.8 Å². The zero-order chi connectivity index (χ0) is 23.4. The number of nitrogens with one attached hydrogen (secondary N) is 1. The second-order valence-electron chi connectivity index (χ2n) is 7.46. The first-order chi connectivity index (χ1) is 15.9. The molecule has 0 spiro atoms. The molecular formula is C24H23ClN2O5S. The highest BCUT2D eigenvalue weighted by molar-refractivity contribution is 7.89. The molecule has 1 heterocycles. The lowest BCUT2D eigenvalue weighted by atomic mass is 10.2. The topological polar surface area (TPSA) is 84.9 Å². The minimum Gasteiger partial charge on any atom is -0.495 e. The summed E-state index contributed by atoms with van der Waals surface area (Å²) >= 11 is 6.19. The van der Waals surface area contributed by atoms with Crippen molar-refractivity contribution < 1.29 is 22.7 Å². The fourth-order valence-corrected chi connectivity index (χ4v) is 5.46. The Labute approximate surface area is 197 Å². The number of nitrogens with zero attached hydrogens (tertiary/aromatic N) is 1. The minimum absolute atomic E-state index is 0.0276. The second-order valence-corrected chi connectivity index (χ2v) is 9.77. The van der Waals surface area contributed by atoms with Gasteiger partial charge in [0.2, 0.25) is 10.0 Å². The van der Waals surface area contributed by atoms with Gasteiger partial charge in [-0.15, -0.1) is 0 Å². The summed E-state index contributed by atoms with van der Waals surface area (Å²) in [6.45, 7) is 0.906. The van der Waals surface area contributed by atoms with Gasteiger partial charge >= 0.3 is 0 Å². The number of carbonyl (C=O) groups is 1. The summed E-state index contributed by atoms with van der Waals surface area (Å²) in [5.41, 5.74) is 0.600. The monoisotopic (exact) mass is 486 g/mol. The third-order valence-electron chi connectivity index (χ3n) is 5.30. The number of carbonyl (C=O) groups excluding carboxylic acids is 1. The molecule has 0 unspecified atom stereocenters. The third kappa shape index (κ3) is 4.98. The number of rotatable bonds is 7. The molecule has 9 heteroatoms. The summed E-state index contributed by atoms with van der Waals surface area (Å²) in [4.78, 5) is 13.0. The van der Waals surface area contributed by atoms with Crippen LogP contribution in [-0.2, 0) is 10.0 Å². The Morgan fingerprint density at radius 1 is 0.939 bits per heavy atom. The lowest BCUT2D eigenvalue weighted by molar-refractivity contribution is 0.102. The van der Waals surface area contributed by atoms with Crippen molar-refractivity contribution >= 4 is 33.2 Å². The maximum Gasteiger partial charge on any atom is 0.255 e. The Hall–Kier alpha value is -3.07. The molecule has 7 nitrogen and oxygen atoms in total. The van der Waals surface area contributed by atoms with Gasteiger partial charge in [-0.25, -0.2) is 8.42 Å². The molecule has 0 aromatic heterocycles. The van der Waals surface area contributed by atoms with Gasteiger partial charge in [-0.1, -0.05) is 35.9 Å². The van der Waals surface area contributed by atoms with Gasteiger partial charge in [-0.05, 0) is 55.3 Å². The molecule has 1 aliphatic heterocycles. The van der Waals surface area contributed by atoms with Crippen LogP contribution in [0.3, 0.4) is 0 Å². The van der Waals surface area contributed by atoms with Crippen LogP contribution in [0.4, 0.5) is 5.69 Å². The molecule has 172 valence electrons. The number of anilines is 1. The van der Waals surface area contributed by atoms with E-state index in [0.29, 0.717) is 35.3 Å². The van der Waals surface area contributed by atoms with Crippen molar-refractivity contribution in [3.8, 4) is 17.2 Å². The van der Waals surface area contributed by atoms with Crippen LogP contribution in [0.25, 0.3) is 0 Å². The van der Waals surface area contributed by atoms with Gasteiger partial charge in [0.15, 0.2) is 5.75 Å². The van der Waals surface area contributed by atoms with Gasteiger partial charge in [0.1, 0.15) is 16.4 Å². The van der Waals surface area contributed by atoms with Crippen LogP contribution < -0.4 is 14.8 Å². The van der Waals surface area contributed by atoms with Crippen molar-refractivity contribution in [2.75, 3.05) is 25.5 Å². The van der Waals surface area contributed by atoms with Crippen LogP contribution in [0.2, 0.25) is 5.02 Å². The zero-order valence-electron chi connectivity index (χ0n) is 18.0. The largest absolute Gasteiger partial charge is 0.495 e. The molecule has 0 saturated carbocycles. The highest BCUT2D eigenvalue weighted by Gasteiger charge is 2.30. The number of methoxy groups -OCH3 is 1. The van der Waals surface area contributed by atoms with Gasteiger partial charge in [-0.2, -0.15) is 4.31 Å². The molecule has 0 atom stereocenters. The van der Waals surface area contributed by atoms with Gasteiger partial charge in [0.25, 0.3) is 5.91 Å². The number of amides is 1. The van der Waals surface area contributed by atoms with Crippen molar-refractivity contribution in [1.29, 1.82) is 0 Å². The number of hydrogen-bond donors (Lipinski definition) is 1. The Morgan fingerprint density at radius 2 is 1.61 bits per heavy atom. The van der Waals surface area contributed by atoms with E-state index in [4.69, 9.17) is 21.1 Å². The number of sulfonamides is 1. The maximum absolute atomic E-state index is 13.1. The lowest BCUT2D eigenvalue weighted by Gasteiger charge is -2.18.